The van der Waals surface area contributed by atoms with Gasteiger partial charge in [-0.2, -0.15) is 10.2 Å². The third-order valence-electron chi connectivity index (χ3n) is 3.05. The maximum atomic E-state index is 12.0. The van der Waals surface area contributed by atoms with Gasteiger partial charge in [-0.15, -0.1) is 0 Å². The molecule has 0 aliphatic rings. The third-order valence-corrected chi connectivity index (χ3v) is 3.36. The van der Waals surface area contributed by atoms with Gasteiger partial charge in [0.15, 0.2) is 10.6 Å². The molecule has 0 atom stereocenters. The predicted molar refractivity (Wildman–Crippen MR) is 80.2 cm³/mol. The number of rotatable bonds is 3. The molecule has 0 bridgehead atoms. The van der Waals surface area contributed by atoms with Crippen LogP contribution in [0, 0.1) is 4.77 Å². The first-order chi connectivity index (χ1) is 10.2. The van der Waals surface area contributed by atoms with E-state index in [1.165, 1.54) is 0 Å². The van der Waals surface area contributed by atoms with Gasteiger partial charge < -0.3 is 4.57 Å². The van der Waals surface area contributed by atoms with Crippen molar-refractivity contribution in [2.24, 2.45) is 0 Å². The molecule has 7 nitrogen and oxygen atoms in total. The predicted octanol–water partition coefficient (Wildman–Crippen LogP) is 1.77. The second-order valence-corrected chi connectivity index (χ2v) is 4.69. The van der Waals surface area contributed by atoms with Crippen LogP contribution in [-0.4, -0.2) is 29.9 Å². The van der Waals surface area contributed by atoms with E-state index in [4.69, 9.17) is 12.2 Å². The average molecular weight is 300 g/mol. The Morgan fingerprint density at radius 2 is 2.10 bits per heavy atom. The molecule has 21 heavy (non-hydrogen) atoms. The van der Waals surface area contributed by atoms with Crippen molar-refractivity contribution in [2.75, 3.05) is 0 Å². The van der Waals surface area contributed by atoms with Crippen molar-refractivity contribution in [3.63, 3.8) is 0 Å². The molecular formula is C13H12N6OS. The first kappa shape index (κ1) is 13.4. The van der Waals surface area contributed by atoms with Crippen LogP contribution in [0.4, 0.5) is 0 Å². The average Bonchev–Trinajstić information content (AvgIpc) is 2.89. The SMILES string of the molecule is CCn1c(-c2cc(-c3ccccn3)n[nH]c2=O)n[nH]c1=S. The summed E-state index contributed by atoms with van der Waals surface area (Å²) in [4.78, 5) is 16.3. The standard InChI is InChI=1S/C13H12N6OS/c1-2-19-11(16-18-13(19)21)8-7-10(15-17-12(8)20)9-5-3-4-6-14-9/h3-7H,2H2,1H3,(H,17,20)(H,18,21). The van der Waals surface area contributed by atoms with Crippen LogP contribution in [0.5, 0.6) is 0 Å². The Kier molecular flexibility index (Phi) is 3.44. The Balaban J connectivity index is 2.19. The summed E-state index contributed by atoms with van der Waals surface area (Å²) in [5.74, 6) is 0.489. The summed E-state index contributed by atoms with van der Waals surface area (Å²) in [5, 5.41) is 13.3. The molecule has 106 valence electrons. The molecule has 0 spiro atoms. The lowest BCUT2D eigenvalue weighted by molar-refractivity contribution is 0.754. The second kappa shape index (κ2) is 5.41. The highest BCUT2D eigenvalue weighted by Gasteiger charge is 2.14. The van der Waals surface area contributed by atoms with E-state index in [0.29, 0.717) is 34.1 Å². The quantitative estimate of drug-likeness (QED) is 0.719. The Labute approximate surface area is 124 Å². The summed E-state index contributed by atoms with van der Waals surface area (Å²) in [7, 11) is 0. The highest BCUT2D eigenvalue weighted by atomic mass is 32.1. The van der Waals surface area contributed by atoms with Crippen LogP contribution >= 0.6 is 12.2 Å². The number of nitrogens with zero attached hydrogens (tertiary/aromatic N) is 4. The van der Waals surface area contributed by atoms with Gasteiger partial charge in [0.1, 0.15) is 5.69 Å². The first-order valence-electron chi connectivity index (χ1n) is 6.37. The van der Waals surface area contributed by atoms with Gasteiger partial charge >= 0.3 is 0 Å². The van der Waals surface area contributed by atoms with Crippen molar-refractivity contribution in [1.82, 2.24) is 29.9 Å². The molecule has 0 radical (unpaired) electrons. The molecule has 0 aromatic carbocycles. The van der Waals surface area contributed by atoms with Crippen molar-refractivity contribution in [2.45, 2.75) is 13.5 Å². The van der Waals surface area contributed by atoms with Crippen molar-refractivity contribution in [3.8, 4) is 22.8 Å². The molecule has 0 fully saturated rings. The summed E-state index contributed by atoms with van der Waals surface area (Å²) in [5.41, 5.74) is 1.33. The van der Waals surface area contributed by atoms with Gasteiger partial charge in [-0.05, 0) is 37.3 Å². The van der Waals surface area contributed by atoms with E-state index in [1.807, 2.05) is 25.1 Å². The van der Waals surface area contributed by atoms with E-state index in [1.54, 1.807) is 16.8 Å². The van der Waals surface area contributed by atoms with Gasteiger partial charge in [-0.1, -0.05) is 6.07 Å². The van der Waals surface area contributed by atoms with E-state index in [9.17, 15) is 4.79 Å². The molecule has 0 amide bonds. The summed E-state index contributed by atoms with van der Waals surface area (Å²) >= 11 is 5.15. The highest BCUT2D eigenvalue weighted by Crippen LogP contribution is 2.18. The molecular weight excluding hydrogens is 288 g/mol. The minimum Gasteiger partial charge on any atom is -0.300 e. The highest BCUT2D eigenvalue weighted by molar-refractivity contribution is 7.71. The van der Waals surface area contributed by atoms with Crippen molar-refractivity contribution in [3.05, 3.63) is 45.6 Å². The van der Waals surface area contributed by atoms with Crippen LogP contribution in [-0.2, 0) is 6.54 Å². The molecule has 0 aliphatic carbocycles. The molecule has 2 N–H and O–H groups in total. The fraction of sp³-hybridized carbons (Fsp3) is 0.154. The largest absolute Gasteiger partial charge is 0.300 e. The van der Waals surface area contributed by atoms with Crippen LogP contribution in [0.1, 0.15) is 6.92 Å². The maximum Gasteiger partial charge on any atom is 0.275 e. The lowest BCUT2D eigenvalue weighted by Gasteiger charge is -2.04. The lowest BCUT2D eigenvalue weighted by atomic mass is 10.2. The zero-order chi connectivity index (χ0) is 14.8. The number of H-pyrrole nitrogens is 2. The monoisotopic (exact) mass is 300 g/mol. The second-order valence-electron chi connectivity index (χ2n) is 4.31. The van der Waals surface area contributed by atoms with E-state index in [0.717, 1.165) is 0 Å². The van der Waals surface area contributed by atoms with Crippen LogP contribution in [0.3, 0.4) is 0 Å². The van der Waals surface area contributed by atoms with Crippen molar-refractivity contribution in [1.29, 1.82) is 0 Å². The number of pyridine rings is 1. The van der Waals surface area contributed by atoms with E-state index in [-0.39, 0.29) is 5.56 Å². The molecule has 8 heteroatoms. The van der Waals surface area contributed by atoms with Gasteiger partial charge in [0.05, 0.1) is 11.3 Å². The summed E-state index contributed by atoms with van der Waals surface area (Å²) in [6.07, 6.45) is 1.67. The Bertz CT molecular complexity index is 879. The number of aromatic nitrogens is 6. The Hall–Kier alpha value is -2.61. The number of nitrogens with one attached hydrogen (secondary N) is 2. The van der Waals surface area contributed by atoms with Crippen LogP contribution in [0.25, 0.3) is 22.8 Å². The smallest absolute Gasteiger partial charge is 0.275 e. The topological polar surface area (TPSA) is 92.2 Å². The molecule has 3 aromatic heterocycles. The zero-order valence-corrected chi connectivity index (χ0v) is 12.0. The van der Waals surface area contributed by atoms with Crippen LogP contribution in [0.2, 0.25) is 0 Å². The van der Waals surface area contributed by atoms with E-state index in [2.05, 4.69) is 25.4 Å². The number of hydrogen-bond donors (Lipinski definition) is 2. The maximum absolute atomic E-state index is 12.0. The van der Waals surface area contributed by atoms with Crippen LogP contribution < -0.4 is 5.56 Å². The lowest BCUT2D eigenvalue weighted by Crippen LogP contribution is -2.14. The van der Waals surface area contributed by atoms with E-state index < -0.39 is 0 Å². The van der Waals surface area contributed by atoms with Crippen molar-refractivity contribution >= 4 is 12.2 Å². The van der Waals surface area contributed by atoms with Gasteiger partial charge in [0, 0.05) is 12.7 Å². The van der Waals surface area contributed by atoms with Gasteiger partial charge in [0.2, 0.25) is 0 Å². The summed E-state index contributed by atoms with van der Waals surface area (Å²) in [6.45, 7) is 2.55. The van der Waals surface area contributed by atoms with Crippen LogP contribution in [0.15, 0.2) is 35.3 Å². The minimum absolute atomic E-state index is 0.321. The molecule has 3 heterocycles. The van der Waals surface area contributed by atoms with Gasteiger partial charge in [-0.25, -0.2) is 5.10 Å². The third kappa shape index (κ3) is 2.40. The summed E-state index contributed by atoms with van der Waals surface area (Å²) in [6, 6.07) is 7.16. The van der Waals surface area contributed by atoms with E-state index >= 15 is 0 Å². The number of hydrogen-bond acceptors (Lipinski definition) is 5. The first-order valence-corrected chi connectivity index (χ1v) is 6.78. The molecule has 0 unspecified atom stereocenters. The van der Waals surface area contributed by atoms with Gasteiger partial charge in [0.25, 0.3) is 5.56 Å². The number of aromatic amines is 2. The summed E-state index contributed by atoms with van der Waals surface area (Å²) < 4.78 is 2.23. The molecule has 0 saturated carbocycles. The zero-order valence-electron chi connectivity index (χ0n) is 11.2. The molecule has 3 rings (SSSR count). The Morgan fingerprint density at radius 1 is 1.24 bits per heavy atom. The minimum atomic E-state index is -0.321. The van der Waals surface area contributed by atoms with Gasteiger partial charge in [-0.3, -0.25) is 14.9 Å². The normalized spacial score (nSPS) is 10.7. The molecule has 0 aliphatic heterocycles. The van der Waals surface area contributed by atoms with Crippen molar-refractivity contribution < 1.29 is 0 Å². The fourth-order valence-electron chi connectivity index (χ4n) is 2.03. The molecule has 0 saturated heterocycles. The molecule has 3 aromatic rings. The Morgan fingerprint density at radius 3 is 2.81 bits per heavy atom. The fourth-order valence-corrected chi connectivity index (χ4v) is 2.30.